The molecule has 7 nitrogen and oxygen atoms in total. The number of carbonyl (C=O) groups excluding carboxylic acids is 3. The van der Waals surface area contributed by atoms with Gasteiger partial charge < -0.3 is 19.9 Å². The van der Waals surface area contributed by atoms with Crippen molar-refractivity contribution in [2.45, 2.75) is 31.7 Å². The van der Waals surface area contributed by atoms with Gasteiger partial charge in [-0.15, -0.1) is 0 Å². The van der Waals surface area contributed by atoms with Crippen molar-refractivity contribution in [1.29, 1.82) is 0 Å². The Hall–Kier alpha value is -2.57. The van der Waals surface area contributed by atoms with Crippen LogP contribution < -0.4 is 5.32 Å². The van der Waals surface area contributed by atoms with E-state index in [1.165, 1.54) is 0 Å². The van der Waals surface area contributed by atoms with Gasteiger partial charge in [-0.1, -0.05) is 18.2 Å². The number of cyclic esters (lactones) is 1. The predicted octanol–water partition coefficient (Wildman–Crippen LogP) is 1.64. The maximum atomic E-state index is 12.8. The maximum absolute atomic E-state index is 12.8. The fraction of sp³-hybridized carbons (Fsp3) is 0.526. The molecule has 0 saturated carbocycles. The number of ether oxygens (including phenoxy) is 1. The summed E-state index contributed by atoms with van der Waals surface area (Å²) in [5.74, 6) is -0.260. The highest BCUT2D eigenvalue weighted by Gasteiger charge is 2.32. The summed E-state index contributed by atoms with van der Waals surface area (Å²) in [4.78, 5) is 40.3. The molecule has 0 aliphatic carbocycles. The Balaban J connectivity index is 1.56. The molecule has 0 unspecified atom stereocenters. The summed E-state index contributed by atoms with van der Waals surface area (Å²) in [7, 11) is 0. The highest BCUT2D eigenvalue weighted by Crippen LogP contribution is 2.20. The zero-order valence-electron chi connectivity index (χ0n) is 14.9. The van der Waals surface area contributed by atoms with Gasteiger partial charge in [-0.2, -0.15) is 0 Å². The van der Waals surface area contributed by atoms with E-state index >= 15 is 0 Å². The Morgan fingerprint density at radius 2 is 1.92 bits per heavy atom. The van der Waals surface area contributed by atoms with E-state index in [0.29, 0.717) is 44.8 Å². The van der Waals surface area contributed by atoms with Crippen LogP contribution >= 0.6 is 0 Å². The molecule has 2 heterocycles. The van der Waals surface area contributed by atoms with Crippen molar-refractivity contribution >= 4 is 17.9 Å². The molecule has 3 amide bonds. The van der Waals surface area contributed by atoms with E-state index in [1.807, 2.05) is 18.2 Å². The molecule has 140 valence electrons. The van der Waals surface area contributed by atoms with Gasteiger partial charge in [0.25, 0.3) is 5.91 Å². The quantitative estimate of drug-likeness (QED) is 0.867. The van der Waals surface area contributed by atoms with Crippen LogP contribution in [0.5, 0.6) is 0 Å². The Bertz CT molecular complexity index is 649. The lowest BCUT2D eigenvalue weighted by molar-refractivity contribution is -0.126. The van der Waals surface area contributed by atoms with Crippen LogP contribution in [0, 0.1) is 0 Å². The van der Waals surface area contributed by atoms with Crippen molar-refractivity contribution in [2.75, 3.05) is 32.8 Å². The molecular formula is C19H25N3O4. The van der Waals surface area contributed by atoms with E-state index in [0.717, 1.165) is 19.3 Å². The summed E-state index contributed by atoms with van der Waals surface area (Å²) in [5, 5.41) is 2.87. The molecule has 2 saturated heterocycles. The number of likely N-dealkylation sites (tertiary alicyclic amines) is 1. The highest BCUT2D eigenvalue weighted by molar-refractivity contribution is 5.97. The molecule has 2 fully saturated rings. The molecule has 1 N–H and O–H groups in total. The lowest BCUT2D eigenvalue weighted by Crippen LogP contribution is -2.53. The summed E-state index contributed by atoms with van der Waals surface area (Å²) >= 11 is 0. The molecule has 3 rings (SSSR count). The molecule has 2 aliphatic rings. The summed E-state index contributed by atoms with van der Waals surface area (Å²) in [6, 6.07) is 8.60. The second kappa shape index (κ2) is 8.69. The van der Waals surface area contributed by atoms with Gasteiger partial charge in [-0.3, -0.25) is 9.59 Å². The Kier molecular flexibility index (Phi) is 6.09. The third-order valence-corrected chi connectivity index (χ3v) is 4.82. The number of hydrogen-bond acceptors (Lipinski definition) is 4. The average molecular weight is 359 g/mol. The lowest BCUT2D eigenvalue weighted by atomic mass is 10.00. The Morgan fingerprint density at radius 1 is 1.12 bits per heavy atom. The minimum absolute atomic E-state index is 0.106. The van der Waals surface area contributed by atoms with Gasteiger partial charge >= 0.3 is 6.09 Å². The van der Waals surface area contributed by atoms with Gasteiger partial charge in [0, 0.05) is 31.7 Å². The zero-order valence-corrected chi connectivity index (χ0v) is 14.9. The molecule has 26 heavy (non-hydrogen) atoms. The van der Waals surface area contributed by atoms with Crippen LogP contribution in [-0.4, -0.2) is 66.5 Å². The lowest BCUT2D eigenvalue weighted by Gasteiger charge is -2.35. The van der Waals surface area contributed by atoms with E-state index < -0.39 is 6.04 Å². The summed E-state index contributed by atoms with van der Waals surface area (Å²) in [6.45, 7) is 2.48. The van der Waals surface area contributed by atoms with E-state index in [2.05, 4.69) is 5.32 Å². The molecule has 2 aliphatic heterocycles. The zero-order chi connectivity index (χ0) is 18.4. The Labute approximate surface area is 153 Å². The molecular weight excluding hydrogens is 334 g/mol. The van der Waals surface area contributed by atoms with Crippen molar-refractivity contribution < 1.29 is 19.1 Å². The smallest absolute Gasteiger partial charge is 0.409 e. The highest BCUT2D eigenvalue weighted by atomic mass is 16.6. The summed E-state index contributed by atoms with van der Waals surface area (Å²) in [5.41, 5.74) is 0.600. The van der Waals surface area contributed by atoms with Gasteiger partial charge in [0.1, 0.15) is 6.04 Å². The monoisotopic (exact) mass is 359 g/mol. The van der Waals surface area contributed by atoms with Crippen LogP contribution in [0.4, 0.5) is 4.79 Å². The minimum Gasteiger partial charge on any atom is -0.449 e. The van der Waals surface area contributed by atoms with E-state index in [1.54, 1.807) is 21.9 Å². The first-order valence-electron chi connectivity index (χ1n) is 9.22. The third-order valence-electron chi connectivity index (χ3n) is 4.82. The molecule has 1 atom stereocenters. The third kappa shape index (κ3) is 4.33. The first-order valence-corrected chi connectivity index (χ1v) is 9.22. The van der Waals surface area contributed by atoms with Crippen molar-refractivity contribution in [1.82, 2.24) is 15.1 Å². The van der Waals surface area contributed by atoms with E-state index in [-0.39, 0.29) is 17.9 Å². The van der Waals surface area contributed by atoms with Crippen molar-refractivity contribution in [3.05, 3.63) is 35.9 Å². The Morgan fingerprint density at radius 3 is 2.69 bits per heavy atom. The number of carbonyl (C=O) groups is 3. The number of nitrogens with one attached hydrogen (secondary N) is 1. The van der Waals surface area contributed by atoms with Crippen molar-refractivity contribution in [3.63, 3.8) is 0 Å². The maximum Gasteiger partial charge on any atom is 0.409 e. The van der Waals surface area contributed by atoms with Crippen LogP contribution in [-0.2, 0) is 9.53 Å². The minimum atomic E-state index is -0.454. The first-order chi connectivity index (χ1) is 12.7. The number of amides is 3. The molecule has 0 bridgehead atoms. The van der Waals surface area contributed by atoms with E-state index in [4.69, 9.17) is 4.74 Å². The van der Waals surface area contributed by atoms with Gasteiger partial charge in [0.2, 0.25) is 5.91 Å². The van der Waals surface area contributed by atoms with Gasteiger partial charge in [-0.25, -0.2) is 4.79 Å². The van der Waals surface area contributed by atoms with Gasteiger partial charge in [0.05, 0.1) is 6.61 Å². The molecule has 0 spiro atoms. The second-order valence-electron chi connectivity index (χ2n) is 6.62. The van der Waals surface area contributed by atoms with Crippen molar-refractivity contribution in [3.8, 4) is 0 Å². The SMILES string of the molecule is O=C(NCCN1CCCOC1=O)[C@H]1CCCCN1C(=O)c1ccccc1. The van der Waals surface area contributed by atoms with Crippen molar-refractivity contribution in [2.24, 2.45) is 0 Å². The number of rotatable bonds is 5. The molecule has 0 aromatic heterocycles. The normalized spacial score (nSPS) is 20.5. The van der Waals surface area contributed by atoms with Crippen LogP contribution in [0.15, 0.2) is 30.3 Å². The fourth-order valence-corrected chi connectivity index (χ4v) is 3.43. The largest absolute Gasteiger partial charge is 0.449 e. The van der Waals surface area contributed by atoms with Gasteiger partial charge in [-0.05, 0) is 37.8 Å². The van der Waals surface area contributed by atoms with E-state index in [9.17, 15) is 14.4 Å². The number of hydrogen-bond donors (Lipinski definition) is 1. The van der Waals surface area contributed by atoms with Crippen LogP contribution in [0.2, 0.25) is 0 Å². The van der Waals surface area contributed by atoms with Gasteiger partial charge in [0.15, 0.2) is 0 Å². The topological polar surface area (TPSA) is 79.0 Å². The fourth-order valence-electron chi connectivity index (χ4n) is 3.43. The van der Waals surface area contributed by atoms with Crippen LogP contribution in [0.1, 0.15) is 36.0 Å². The molecule has 1 aromatic rings. The standard InChI is InChI=1S/C19H25N3O4/c23-17(20-10-13-21-11-6-14-26-19(21)25)16-9-4-5-12-22(16)18(24)15-7-2-1-3-8-15/h1-3,7-8,16H,4-6,9-14H2,(H,20,23)/t16-/m1/s1. The number of benzene rings is 1. The average Bonchev–Trinajstić information content (AvgIpc) is 2.69. The van der Waals surface area contributed by atoms with Crippen LogP contribution in [0.3, 0.4) is 0 Å². The molecule has 7 heteroatoms. The molecule has 1 aromatic carbocycles. The predicted molar refractivity (Wildman–Crippen MR) is 95.7 cm³/mol. The number of nitrogens with zero attached hydrogens (tertiary/aromatic N) is 2. The summed E-state index contributed by atoms with van der Waals surface area (Å²) in [6.07, 6.45) is 2.97. The second-order valence-corrected chi connectivity index (χ2v) is 6.62. The molecule has 0 radical (unpaired) electrons. The van der Waals surface area contributed by atoms with Crippen LogP contribution in [0.25, 0.3) is 0 Å². The number of piperidine rings is 1. The first kappa shape index (κ1) is 18.2. The summed E-state index contributed by atoms with van der Waals surface area (Å²) < 4.78 is 4.98.